The Balaban J connectivity index is 1.75. The van der Waals surface area contributed by atoms with E-state index in [0.29, 0.717) is 12.1 Å². The third kappa shape index (κ3) is 2.64. The van der Waals surface area contributed by atoms with E-state index in [1.165, 1.54) is 49.9 Å². The largest absolute Gasteiger partial charge is 0.327 e. The molecule has 0 aromatic heterocycles. The van der Waals surface area contributed by atoms with E-state index in [-0.39, 0.29) is 0 Å². The summed E-state index contributed by atoms with van der Waals surface area (Å²) < 4.78 is 0. The number of nitrogens with zero attached hydrogens (tertiary/aromatic N) is 1. The van der Waals surface area contributed by atoms with Gasteiger partial charge < -0.3 is 5.73 Å². The minimum absolute atomic E-state index is 0.439. The van der Waals surface area contributed by atoms with E-state index >= 15 is 0 Å². The first-order valence-corrected chi connectivity index (χ1v) is 8.25. The molecule has 2 heteroatoms. The van der Waals surface area contributed by atoms with Gasteiger partial charge in [0.05, 0.1) is 0 Å². The molecule has 0 bridgehead atoms. The Morgan fingerprint density at radius 1 is 1.20 bits per heavy atom. The first-order chi connectivity index (χ1) is 9.69. The van der Waals surface area contributed by atoms with Crippen molar-refractivity contribution in [2.24, 2.45) is 17.6 Å². The third-order valence-corrected chi connectivity index (χ3v) is 5.47. The number of benzene rings is 1. The van der Waals surface area contributed by atoms with Crippen LogP contribution in [-0.2, 0) is 0 Å². The van der Waals surface area contributed by atoms with Crippen LogP contribution in [0.5, 0.6) is 0 Å². The highest BCUT2D eigenvalue weighted by Crippen LogP contribution is 2.39. The molecule has 4 unspecified atom stereocenters. The first kappa shape index (κ1) is 14.1. The molecule has 0 amide bonds. The van der Waals surface area contributed by atoms with Crippen molar-refractivity contribution in [1.29, 1.82) is 0 Å². The van der Waals surface area contributed by atoms with Gasteiger partial charge in [-0.2, -0.15) is 0 Å². The molecule has 3 rings (SSSR count). The van der Waals surface area contributed by atoms with E-state index in [2.05, 4.69) is 43.0 Å². The monoisotopic (exact) mass is 272 g/mol. The molecule has 20 heavy (non-hydrogen) atoms. The molecule has 110 valence electrons. The van der Waals surface area contributed by atoms with E-state index in [4.69, 9.17) is 5.73 Å². The van der Waals surface area contributed by atoms with Crippen LogP contribution in [0.3, 0.4) is 0 Å². The third-order valence-electron chi connectivity index (χ3n) is 5.47. The van der Waals surface area contributed by atoms with Crippen LogP contribution in [-0.4, -0.2) is 24.0 Å². The number of rotatable bonds is 3. The van der Waals surface area contributed by atoms with Crippen molar-refractivity contribution in [3.05, 3.63) is 35.4 Å². The van der Waals surface area contributed by atoms with Crippen molar-refractivity contribution in [1.82, 2.24) is 4.90 Å². The summed E-state index contributed by atoms with van der Waals surface area (Å²) >= 11 is 0. The second-order valence-corrected chi connectivity index (χ2v) is 6.81. The number of nitrogens with two attached hydrogens (primary N) is 1. The molecule has 1 heterocycles. The van der Waals surface area contributed by atoms with E-state index in [9.17, 15) is 0 Å². The van der Waals surface area contributed by atoms with Gasteiger partial charge >= 0.3 is 0 Å². The SMILES string of the molecule is CCC(c1ccc(C)cc1)N1CC2CCCC(N)C2C1. The van der Waals surface area contributed by atoms with Crippen LogP contribution < -0.4 is 5.73 Å². The molecule has 1 aliphatic carbocycles. The molecule has 2 fully saturated rings. The van der Waals surface area contributed by atoms with Crippen molar-refractivity contribution >= 4 is 0 Å². The Morgan fingerprint density at radius 2 is 1.95 bits per heavy atom. The predicted octanol–water partition coefficient (Wildman–Crippen LogP) is 3.51. The van der Waals surface area contributed by atoms with Crippen molar-refractivity contribution in [2.45, 2.75) is 51.6 Å². The summed E-state index contributed by atoms with van der Waals surface area (Å²) in [6.45, 7) is 6.93. The maximum Gasteiger partial charge on any atom is 0.0345 e. The van der Waals surface area contributed by atoms with Crippen LogP contribution in [0.15, 0.2) is 24.3 Å². The highest BCUT2D eigenvalue weighted by molar-refractivity contribution is 5.24. The quantitative estimate of drug-likeness (QED) is 0.912. The van der Waals surface area contributed by atoms with Crippen LogP contribution in [0.25, 0.3) is 0 Å². The topological polar surface area (TPSA) is 29.3 Å². The summed E-state index contributed by atoms with van der Waals surface area (Å²) in [7, 11) is 0. The van der Waals surface area contributed by atoms with Crippen molar-refractivity contribution < 1.29 is 0 Å². The molecular weight excluding hydrogens is 244 g/mol. The van der Waals surface area contributed by atoms with Gasteiger partial charge in [0.2, 0.25) is 0 Å². The zero-order valence-corrected chi connectivity index (χ0v) is 12.9. The molecule has 2 aliphatic rings. The van der Waals surface area contributed by atoms with Crippen LogP contribution in [0.1, 0.15) is 49.8 Å². The van der Waals surface area contributed by atoms with Gasteiger partial charge in [0.1, 0.15) is 0 Å². The maximum absolute atomic E-state index is 6.36. The van der Waals surface area contributed by atoms with Gasteiger partial charge in [-0.1, -0.05) is 43.2 Å². The van der Waals surface area contributed by atoms with E-state index < -0.39 is 0 Å². The van der Waals surface area contributed by atoms with Crippen LogP contribution in [0.2, 0.25) is 0 Å². The van der Waals surface area contributed by atoms with Gasteiger partial charge in [0.25, 0.3) is 0 Å². The fourth-order valence-corrected chi connectivity index (χ4v) is 4.30. The van der Waals surface area contributed by atoms with Gasteiger partial charge in [-0.05, 0) is 43.6 Å². The number of hydrogen-bond donors (Lipinski definition) is 1. The van der Waals surface area contributed by atoms with Crippen molar-refractivity contribution in [2.75, 3.05) is 13.1 Å². The molecule has 1 saturated heterocycles. The lowest BCUT2D eigenvalue weighted by Crippen LogP contribution is -2.38. The average molecular weight is 272 g/mol. The second kappa shape index (κ2) is 5.87. The molecule has 1 saturated carbocycles. The molecule has 1 aromatic rings. The summed E-state index contributed by atoms with van der Waals surface area (Å²) in [6.07, 6.45) is 5.14. The summed E-state index contributed by atoms with van der Waals surface area (Å²) in [5.41, 5.74) is 9.18. The van der Waals surface area contributed by atoms with E-state index in [1.54, 1.807) is 0 Å². The summed E-state index contributed by atoms with van der Waals surface area (Å²) in [5, 5.41) is 0. The number of fused-ring (bicyclic) bond motifs is 1. The van der Waals surface area contributed by atoms with Crippen molar-refractivity contribution in [3.63, 3.8) is 0 Å². The van der Waals surface area contributed by atoms with Gasteiger partial charge in [-0.3, -0.25) is 4.90 Å². The number of aryl methyl sites for hydroxylation is 1. The van der Waals surface area contributed by atoms with Gasteiger partial charge in [-0.15, -0.1) is 0 Å². The first-order valence-electron chi connectivity index (χ1n) is 8.25. The lowest BCUT2D eigenvalue weighted by atomic mass is 9.78. The Bertz CT molecular complexity index is 439. The minimum Gasteiger partial charge on any atom is -0.327 e. The lowest BCUT2D eigenvalue weighted by Gasteiger charge is -2.30. The van der Waals surface area contributed by atoms with E-state index in [1.807, 2.05) is 0 Å². The molecule has 1 aliphatic heterocycles. The maximum atomic E-state index is 6.36. The number of likely N-dealkylation sites (tertiary alicyclic amines) is 1. The average Bonchev–Trinajstić information content (AvgIpc) is 2.87. The highest BCUT2D eigenvalue weighted by Gasteiger charge is 2.40. The molecule has 2 nitrogen and oxygen atoms in total. The summed E-state index contributed by atoms with van der Waals surface area (Å²) in [6, 6.07) is 10.1. The Kier molecular flexibility index (Phi) is 4.13. The van der Waals surface area contributed by atoms with Gasteiger partial charge in [0, 0.05) is 25.2 Å². The Labute approximate surface area is 123 Å². The molecule has 0 radical (unpaired) electrons. The minimum atomic E-state index is 0.439. The normalized spacial score (nSPS) is 32.0. The Hall–Kier alpha value is -0.860. The molecule has 2 N–H and O–H groups in total. The summed E-state index contributed by atoms with van der Waals surface area (Å²) in [5.74, 6) is 1.58. The fraction of sp³-hybridized carbons (Fsp3) is 0.667. The van der Waals surface area contributed by atoms with E-state index in [0.717, 1.165) is 11.8 Å². The van der Waals surface area contributed by atoms with Gasteiger partial charge in [-0.25, -0.2) is 0 Å². The number of hydrogen-bond acceptors (Lipinski definition) is 2. The standard InChI is InChI=1S/C18H28N2/c1-3-18(14-9-7-13(2)8-10-14)20-11-15-5-4-6-17(19)16(15)12-20/h7-10,15-18H,3-6,11-12,19H2,1-2H3. The highest BCUT2D eigenvalue weighted by atomic mass is 15.2. The smallest absolute Gasteiger partial charge is 0.0345 e. The summed E-state index contributed by atoms with van der Waals surface area (Å²) in [4.78, 5) is 2.70. The zero-order valence-electron chi connectivity index (χ0n) is 12.9. The predicted molar refractivity (Wildman–Crippen MR) is 84.6 cm³/mol. The zero-order chi connectivity index (χ0) is 14.1. The molecule has 4 atom stereocenters. The molecule has 1 aromatic carbocycles. The Morgan fingerprint density at radius 3 is 2.60 bits per heavy atom. The van der Waals surface area contributed by atoms with Crippen LogP contribution >= 0.6 is 0 Å². The van der Waals surface area contributed by atoms with Gasteiger partial charge in [0.15, 0.2) is 0 Å². The molecule has 0 spiro atoms. The van der Waals surface area contributed by atoms with Crippen molar-refractivity contribution in [3.8, 4) is 0 Å². The molecular formula is C18H28N2. The fourth-order valence-electron chi connectivity index (χ4n) is 4.30. The van der Waals surface area contributed by atoms with Crippen LogP contribution in [0.4, 0.5) is 0 Å². The second-order valence-electron chi connectivity index (χ2n) is 6.81. The lowest BCUT2D eigenvalue weighted by molar-refractivity contribution is 0.225. The van der Waals surface area contributed by atoms with Crippen LogP contribution in [0, 0.1) is 18.8 Å².